The van der Waals surface area contributed by atoms with Gasteiger partial charge in [0.25, 0.3) is 0 Å². The van der Waals surface area contributed by atoms with Gasteiger partial charge in [-0.2, -0.15) is 0 Å². The summed E-state index contributed by atoms with van der Waals surface area (Å²) in [4.78, 5) is 0. The lowest BCUT2D eigenvalue weighted by Gasteiger charge is -2.20. The second-order valence-electron chi connectivity index (χ2n) is 4.47. The van der Waals surface area contributed by atoms with Crippen molar-refractivity contribution in [2.75, 3.05) is 5.73 Å². The number of hydrogen-bond donors (Lipinski definition) is 3. The number of hydrogen-bond acceptors (Lipinski definition) is 3. The highest BCUT2D eigenvalue weighted by Crippen LogP contribution is 2.39. The number of phenolic OH excluding ortho intramolecular Hbond substituents is 1. The van der Waals surface area contributed by atoms with Crippen LogP contribution in [0.5, 0.6) is 5.75 Å². The van der Waals surface area contributed by atoms with Crippen LogP contribution < -0.4 is 11.5 Å². The first kappa shape index (κ1) is 14.1. The molecule has 1 aliphatic carbocycles. The molecule has 0 aliphatic heterocycles. The number of halogens is 2. The van der Waals surface area contributed by atoms with Crippen molar-refractivity contribution in [1.29, 1.82) is 0 Å². The minimum atomic E-state index is -0.597. The van der Waals surface area contributed by atoms with Crippen LogP contribution in [0.4, 0.5) is 10.1 Å². The maximum absolute atomic E-state index is 13.1. The van der Waals surface area contributed by atoms with Crippen molar-refractivity contribution < 1.29 is 9.50 Å². The van der Waals surface area contributed by atoms with E-state index in [1.807, 2.05) is 0 Å². The number of nitrogen functional groups attached to an aromatic ring is 1. The first-order valence-electron chi connectivity index (χ1n) is 5.63. The minimum Gasteiger partial charge on any atom is -0.505 e. The van der Waals surface area contributed by atoms with Crippen molar-refractivity contribution in [1.82, 2.24) is 0 Å². The Balaban J connectivity index is 0.00000144. The Morgan fingerprint density at radius 3 is 2.47 bits per heavy atom. The van der Waals surface area contributed by atoms with Gasteiger partial charge in [-0.15, -0.1) is 12.4 Å². The van der Waals surface area contributed by atoms with E-state index in [4.69, 9.17) is 11.5 Å². The standard InChI is InChI=1S/C12H17FN2O.ClH/c13-9-6-5-8(12(16)11(9)15)10(14)7-3-1-2-4-7;/h5-7,10,16H,1-4,14-15H2;1H/t10-;/m1./s1. The van der Waals surface area contributed by atoms with Crippen LogP contribution in [0, 0.1) is 11.7 Å². The summed E-state index contributed by atoms with van der Waals surface area (Å²) in [7, 11) is 0. The molecule has 5 N–H and O–H groups in total. The quantitative estimate of drug-likeness (QED) is 0.566. The monoisotopic (exact) mass is 260 g/mol. The molecule has 0 aromatic heterocycles. The zero-order chi connectivity index (χ0) is 11.7. The van der Waals surface area contributed by atoms with E-state index >= 15 is 0 Å². The molecule has 2 rings (SSSR count). The highest BCUT2D eigenvalue weighted by Gasteiger charge is 2.26. The Labute approximate surface area is 106 Å². The van der Waals surface area contributed by atoms with E-state index in [2.05, 4.69) is 0 Å². The molecule has 0 amide bonds. The molecule has 17 heavy (non-hydrogen) atoms. The molecular formula is C12H18ClFN2O. The third-order valence-corrected chi connectivity index (χ3v) is 3.46. The number of phenols is 1. The SMILES string of the molecule is Cl.Nc1c(F)ccc([C@H](N)C2CCCC2)c1O. The van der Waals surface area contributed by atoms with Gasteiger partial charge in [-0.3, -0.25) is 0 Å². The van der Waals surface area contributed by atoms with Gasteiger partial charge in [-0.1, -0.05) is 18.9 Å². The van der Waals surface area contributed by atoms with Crippen molar-refractivity contribution in [3.05, 3.63) is 23.5 Å². The largest absolute Gasteiger partial charge is 0.505 e. The summed E-state index contributed by atoms with van der Waals surface area (Å²) < 4.78 is 13.1. The van der Waals surface area contributed by atoms with E-state index in [0.717, 1.165) is 12.8 Å². The molecule has 0 heterocycles. The predicted molar refractivity (Wildman–Crippen MR) is 68.6 cm³/mol. The molecule has 96 valence electrons. The third-order valence-electron chi connectivity index (χ3n) is 3.46. The summed E-state index contributed by atoms with van der Waals surface area (Å²) in [5.74, 6) is -0.421. The van der Waals surface area contributed by atoms with Gasteiger partial charge in [0, 0.05) is 11.6 Å². The normalized spacial score (nSPS) is 17.8. The first-order valence-corrected chi connectivity index (χ1v) is 5.63. The molecule has 1 aliphatic rings. The maximum Gasteiger partial charge on any atom is 0.149 e. The predicted octanol–water partition coefficient (Wildman–Crippen LogP) is 2.73. The van der Waals surface area contributed by atoms with Crippen molar-refractivity contribution in [2.24, 2.45) is 11.7 Å². The van der Waals surface area contributed by atoms with Gasteiger partial charge in [0.05, 0.1) is 0 Å². The van der Waals surface area contributed by atoms with E-state index in [0.29, 0.717) is 11.5 Å². The molecule has 3 nitrogen and oxygen atoms in total. The van der Waals surface area contributed by atoms with Crippen LogP contribution >= 0.6 is 12.4 Å². The molecule has 0 radical (unpaired) electrons. The van der Waals surface area contributed by atoms with E-state index in [1.54, 1.807) is 0 Å². The van der Waals surface area contributed by atoms with Gasteiger partial charge in [0.1, 0.15) is 17.3 Å². The zero-order valence-electron chi connectivity index (χ0n) is 9.53. The molecule has 1 atom stereocenters. The van der Waals surface area contributed by atoms with Gasteiger partial charge in [0.2, 0.25) is 0 Å². The van der Waals surface area contributed by atoms with E-state index in [-0.39, 0.29) is 29.9 Å². The Hall–Kier alpha value is -1.00. The molecular weight excluding hydrogens is 243 g/mol. The number of aromatic hydroxyl groups is 1. The number of nitrogens with two attached hydrogens (primary N) is 2. The number of anilines is 1. The fraction of sp³-hybridized carbons (Fsp3) is 0.500. The minimum absolute atomic E-state index is 0. The van der Waals surface area contributed by atoms with Crippen LogP contribution in [0.15, 0.2) is 12.1 Å². The summed E-state index contributed by atoms with van der Waals surface area (Å²) in [6, 6.07) is 2.55. The molecule has 1 aromatic carbocycles. The zero-order valence-corrected chi connectivity index (χ0v) is 10.3. The summed E-state index contributed by atoms with van der Waals surface area (Å²) >= 11 is 0. The Morgan fingerprint density at radius 2 is 1.88 bits per heavy atom. The first-order chi connectivity index (χ1) is 7.61. The molecule has 0 unspecified atom stereocenters. The van der Waals surface area contributed by atoms with Crippen LogP contribution in [0.25, 0.3) is 0 Å². The van der Waals surface area contributed by atoms with Gasteiger partial charge in [-0.05, 0) is 24.8 Å². The topological polar surface area (TPSA) is 72.3 Å². The molecule has 5 heteroatoms. The van der Waals surface area contributed by atoms with Crippen molar-refractivity contribution in [3.63, 3.8) is 0 Å². The van der Waals surface area contributed by atoms with Crippen LogP contribution in [0.1, 0.15) is 37.3 Å². The average molecular weight is 261 g/mol. The molecule has 0 spiro atoms. The van der Waals surface area contributed by atoms with Crippen LogP contribution in [-0.2, 0) is 0 Å². The van der Waals surface area contributed by atoms with Crippen LogP contribution in [-0.4, -0.2) is 5.11 Å². The fourth-order valence-corrected chi connectivity index (χ4v) is 2.44. The van der Waals surface area contributed by atoms with Gasteiger partial charge >= 0.3 is 0 Å². The Bertz CT molecular complexity index is 394. The molecule has 1 aromatic rings. The second-order valence-corrected chi connectivity index (χ2v) is 4.47. The van der Waals surface area contributed by atoms with E-state index in [9.17, 15) is 9.50 Å². The molecule has 1 saturated carbocycles. The number of rotatable bonds is 2. The van der Waals surface area contributed by atoms with Gasteiger partial charge in [0.15, 0.2) is 0 Å². The average Bonchev–Trinajstić information content (AvgIpc) is 2.79. The van der Waals surface area contributed by atoms with Crippen molar-refractivity contribution in [3.8, 4) is 5.75 Å². The summed E-state index contributed by atoms with van der Waals surface area (Å²) in [5, 5.41) is 9.76. The fourth-order valence-electron chi connectivity index (χ4n) is 2.44. The lowest BCUT2D eigenvalue weighted by atomic mass is 9.91. The smallest absolute Gasteiger partial charge is 0.149 e. The third kappa shape index (κ3) is 2.64. The summed E-state index contributed by atoms with van der Waals surface area (Å²) in [6.45, 7) is 0. The van der Waals surface area contributed by atoms with Gasteiger partial charge < -0.3 is 16.6 Å². The molecule has 1 fully saturated rings. The second kappa shape index (κ2) is 5.56. The maximum atomic E-state index is 13.1. The van der Waals surface area contributed by atoms with Crippen LogP contribution in [0.2, 0.25) is 0 Å². The Kier molecular flexibility index (Phi) is 4.60. The highest BCUT2D eigenvalue weighted by atomic mass is 35.5. The summed E-state index contributed by atoms with van der Waals surface area (Å²) in [5.41, 5.74) is 11.9. The molecule has 0 bridgehead atoms. The lowest BCUT2D eigenvalue weighted by Crippen LogP contribution is -2.19. The highest BCUT2D eigenvalue weighted by molar-refractivity contribution is 5.85. The number of benzene rings is 1. The van der Waals surface area contributed by atoms with Crippen molar-refractivity contribution in [2.45, 2.75) is 31.7 Å². The molecule has 0 saturated heterocycles. The van der Waals surface area contributed by atoms with Crippen LogP contribution in [0.3, 0.4) is 0 Å². The Morgan fingerprint density at radius 1 is 1.29 bits per heavy atom. The van der Waals surface area contributed by atoms with Crippen molar-refractivity contribution >= 4 is 18.1 Å². The van der Waals surface area contributed by atoms with E-state index in [1.165, 1.54) is 25.0 Å². The lowest BCUT2D eigenvalue weighted by molar-refractivity contribution is 0.411. The summed E-state index contributed by atoms with van der Waals surface area (Å²) in [6.07, 6.45) is 4.49. The van der Waals surface area contributed by atoms with Gasteiger partial charge in [-0.25, -0.2) is 4.39 Å². The van der Waals surface area contributed by atoms with E-state index < -0.39 is 5.82 Å².